The first-order chi connectivity index (χ1) is 7.77. The number of anilines is 2. The van der Waals surface area contributed by atoms with Crippen LogP contribution in [0.4, 0.5) is 11.4 Å². The average molecular weight is 224 g/mol. The van der Waals surface area contributed by atoms with Crippen LogP contribution in [0.1, 0.15) is 19.3 Å². The van der Waals surface area contributed by atoms with Crippen LogP contribution in [0.5, 0.6) is 5.75 Å². The van der Waals surface area contributed by atoms with Crippen molar-refractivity contribution in [3.8, 4) is 5.75 Å². The molecular formula is C12H20N2O2. The second-order valence-electron chi connectivity index (χ2n) is 3.66. The summed E-state index contributed by atoms with van der Waals surface area (Å²) in [5, 5.41) is 11.9. The Labute approximate surface area is 96.4 Å². The lowest BCUT2D eigenvalue weighted by atomic mass is 10.2. The van der Waals surface area contributed by atoms with Gasteiger partial charge in [0.15, 0.2) is 0 Å². The third-order valence-corrected chi connectivity index (χ3v) is 2.41. The predicted molar refractivity (Wildman–Crippen MR) is 66.8 cm³/mol. The molecule has 0 saturated heterocycles. The summed E-state index contributed by atoms with van der Waals surface area (Å²) in [7, 11) is 1.62. The first kappa shape index (κ1) is 12.6. The second-order valence-corrected chi connectivity index (χ2v) is 3.66. The Kier molecular flexibility index (Phi) is 5.50. The van der Waals surface area contributed by atoms with E-state index < -0.39 is 0 Å². The van der Waals surface area contributed by atoms with Gasteiger partial charge in [-0.15, -0.1) is 0 Å². The van der Waals surface area contributed by atoms with E-state index in [1.54, 1.807) is 13.2 Å². The number of nitrogens with two attached hydrogens (primary N) is 1. The molecule has 4 N–H and O–H groups in total. The van der Waals surface area contributed by atoms with Crippen molar-refractivity contribution in [2.24, 2.45) is 0 Å². The van der Waals surface area contributed by atoms with Crippen LogP contribution in [0.15, 0.2) is 18.2 Å². The molecular weight excluding hydrogens is 204 g/mol. The van der Waals surface area contributed by atoms with Crippen LogP contribution >= 0.6 is 0 Å². The number of benzene rings is 1. The summed E-state index contributed by atoms with van der Waals surface area (Å²) in [5.74, 6) is 0.767. The molecule has 0 atom stereocenters. The fourth-order valence-electron chi connectivity index (χ4n) is 1.47. The molecule has 0 aliphatic carbocycles. The Hall–Kier alpha value is -1.42. The van der Waals surface area contributed by atoms with Crippen LogP contribution in [0.3, 0.4) is 0 Å². The molecule has 0 amide bonds. The first-order valence-electron chi connectivity index (χ1n) is 5.56. The van der Waals surface area contributed by atoms with E-state index in [1.165, 1.54) is 0 Å². The smallest absolute Gasteiger partial charge is 0.121 e. The van der Waals surface area contributed by atoms with Crippen molar-refractivity contribution >= 4 is 11.4 Å². The second kappa shape index (κ2) is 6.95. The highest BCUT2D eigenvalue weighted by molar-refractivity contribution is 5.68. The van der Waals surface area contributed by atoms with Crippen molar-refractivity contribution < 1.29 is 9.84 Å². The lowest BCUT2D eigenvalue weighted by Crippen LogP contribution is -2.04. The summed E-state index contributed by atoms with van der Waals surface area (Å²) in [6.45, 7) is 1.14. The quantitative estimate of drug-likeness (QED) is 0.488. The lowest BCUT2D eigenvalue weighted by molar-refractivity contribution is 0.283. The number of aliphatic hydroxyl groups is 1. The highest BCUT2D eigenvalue weighted by Crippen LogP contribution is 2.23. The molecule has 0 aromatic heterocycles. The first-order valence-corrected chi connectivity index (χ1v) is 5.56. The average Bonchev–Trinajstić information content (AvgIpc) is 2.30. The molecule has 0 radical (unpaired) electrons. The van der Waals surface area contributed by atoms with Gasteiger partial charge in [0.2, 0.25) is 0 Å². The van der Waals surface area contributed by atoms with Crippen LogP contribution in [-0.2, 0) is 0 Å². The molecule has 0 fully saturated rings. The van der Waals surface area contributed by atoms with Crippen molar-refractivity contribution in [3.05, 3.63) is 18.2 Å². The minimum absolute atomic E-state index is 0.269. The molecule has 0 aliphatic rings. The summed E-state index contributed by atoms with van der Waals surface area (Å²) in [6, 6.07) is 5.60. The molecule has 90 valence electrons. The molecule has 0 saturated carbocycles. The molecule has 1 aromatic carbocycles. The number of methoxy groups -OCH3 is 1. The molecule has 16 heavy (non-hydrogen) atoms. The number of aliphatic hydroxyl groups excluding tert-OH is 1. The molecule has 0 aliphatic heterocycles. The van der Waals surface area contributed by atoms with Gasteiger partial charge in [0.25, 0.3) is 0 Å². The largest absolute Gasteiger partial charge is 0.497 e. The van der Waals surface area contributed by atoms with Crippen molar-refractivity contribution in [2.45, 2.75) is 19.3 Å². The summed E-state index contributed by atoms with van der Waals surface area (Å²) in [6.07, 6.45) is 2.92. The molecule has 4 nitrogen and oxygen atoms in total. The molecule has 0 heterocycles. The van der Waals surface area contributed by atoms with Gasteiger partial charge in [-0.1, -0.05) is 0 Å². The maximum absolute atomic E-state index is 8.63. The van der Waals surface area contributed by atoms with Gasteiger partial charge in [-0.25, -0.2) is 0 Å². The fraction of sp³-hybridized carbons (Fsp3) is 0.500. The monoisotopic (exact) mass is 224 g/mol. The van der Waals surface area contributed by atoms with Gasteiger partial charge >= 0.3 is 0 Å². The molecule has 0 bridgehead atoms. The number of unbranched alkanes of at least 4 members (excludes halogenated alkanes) is 2. The fourth-order valence-corrected chi connectivity index (χ4v) is 1.47. The maximum atomic E-state index is 8.63. The third-order valence-electron chi connectivity index (χ3n) is 2.41. The number of ether oxygens (including phenoxy) is 1. The number of rotatable bonds is 7. The van der Waals surface area contributed by atoms with Crippen LogP contribution in [0.25, 0.3) is 0 Å². The Morgan fingerprint density at radius 2 is 2.12 bits per heavy atom. The summed E-state index contributed by atoms with van der Waals surface area (Å²) in [4.78, 5) is 0. The van der Waals surface area contributed by atoms with Gasteiger partial charge in [-0.2, -0.15) is 0 Å². The molecule has 4 heteroatoms. The Morgan fingerprint density at radius 1 is 1.31 bits per heavy atom. The van der Waals surface area contributed by atoms with Crippen LogP contribution < -0.4 is 15.8 Å². The lowest BCUT2D eigenvalue weighted by Gasteiger charge is -2.10. The molecule has 0 spiro atoms. The SMILES string of the molecule is COc1ccc(NCCCCCO)c(N)c1. The molecule has 1 rings (SSSR count). The van der Waals surface area contributed by atoms with Crippen LogP contribution in [0.2, 0.25) is 0 Å². The van der Waals surface area contributed by atoms with Crippen molar-refractivity contribution in [3.63, 3.8) is 0 Å². The third kappa shape index (κ3) is 3.98. The zero-order valence-electron chi connectivity index (χ0n) is 9.70. The number of nitrogen functional groups attached to an aromatic ring is 1. The van der Waals surface area contributed by atoms with Crippen LogP contribution in [0, 0.1) is 0 Å². The van der Waals surface area contributed by atoms with E-state index in [4.69, 9.17) is 15.6 Å². The highest BCUT2D eigenvalue weighted by Gasteiger charge is 1.99. The van der Waals surface area contributed by atoms with E-state index >= 15 is 0 Å². The van der Waals surface area contributed by atoms with E-state index in [9.17, 15) is 0 Å². The Morgan fingerprint density at radius 3 is 2.75 bits per heavy atom. The van der Waals surface area contributed by atoms with E-state index in [0.29, 0.717) is 5.69 Å². The van der Waals surface area contributed by atoms with Crippen molar-refractivity contribution in [2.75, 3.05) is 31.3 Å². The van der Waals surface area contributed by atoms with Gasteiger partial charge in [0.1, 0.15) is 5.75 Å². The highest BCUT2D eigenvalue weighted by atomic mass is 16.5. The molecule has 1 aromatic rings. The van der Waals surface area contributed by atoms with Crippen molar-refractivity contribution in [1.82, 2.24) is 0 Å². The van der Waals surface area contributed by atoms with Gasteiger partial charge < -0.3 is 20.9 Å². The van der Waals surface area contributed by atoms with Gasteiger partial charge in [0, 0.05) is 19.2 Å². The molecule has 0 unspecified atom stereocenters. The van der Waals surface area contributed by atoms with Crippen molar-refractivity contribution in [1.29, 1.82) is 0 Å². The minimum atomic E-state index is 0.269. The predicted octanol–water partition coefficient (Wildman–Crippen LogP) is 1.85. The van der Waals surface area contributed by atoms with E-state index in [2.05, 4.69) is 5.32 Å². The van der Waals surface area contributed by atoms with E-state index in [-0.39, 0.29) is 6.61 Å². The van der Waals surface area contributed by atoms with E-state index in [0.717, 1.165) is 37.2 Å². The topological polar surface area (TPSA) is 67.5 Å². The zero-order chi connectivity index (χ0) is 11.8. The maximum Gasteiger partial charge on any atom is 0.121 e. The van der Waals surface area contributed by atoms with Gasteiger partial charge in [-0.05, 0) is 31.4 Å². The Bertz CT molecular complexity index is 316. The summed E-state index contributed by atoms with van der Waals surface area (Å²) >= 11 is 0. The number of nitrogens with one attached hydrogen (secondary N) is 1. The van der Waals surface area contributed by atoms with E-state index in [1.807, 2.05) is 12.1 Å². The normalized spacial score (nSPS) is 10.1. The van der Waals surface area contributed by atoms with Gasteiger partial charge in [0.05, 0.1) is 18.5 Å². The standard InChI is InChI=1S/C12H20N2O2/c1-16-10-5-6-12(11(13)9-10)14-7-3-2-4-8-15/h5-6,9,14-15H,2-4,7-8,13H2,1H3. The number of hydrogen-bond donors (Lipinski definition) is 3. The van der Waals surface area contributed by atoms with Gasteiger partial charge in [-0.3, -0.25) is 0 Å². The Balaban J connectivity index is 2.36. The summed E-state index contributed by atoms with van der Waals surface area (Å²) < 4.78 is 5.07. The number of hydrogen-bond acceptors (Lipinski definition) is 4. The minimum Gasteiger partial charge on any atom is -0.497 e. The summed E-state index contributed by atoms with van der Waals surface area (Å²) in [5.41, 5.74) is 7.49. The van der Waals surface area contributed by atoms with Crippen LogP contribution in [-0.4, -0.2) is 25.4 Å². The zero-order valence-corrected chi connectivity index (χ0v) is 9.70.